The van der Waals surface area contributed by atoms with Gasteiger partial charge in [0.1, 0.15) is 6.10 Å². The fourth-order valence-corrected chi connectivity index (χ4v) is 4.97. The molecule has 0 aromatic rings. The first-order valence-corrected chi connectivity index (χ1v) is 11.9. The van der Waals surface area contributed by atoms with Crippen LogP contribution in [0.5, 0.6) is 0 Å². The summed E-state index contributed by atoms with van der Waals surface area (Å²) < 4.78 is 5.67. The summed E-state index contributed by atoms with van der Waals surface area (Å²) in [7, 11) is 0. The molecule has 1 aliphatic heterocycles. The molecule has 0 unspecified atom stereocenters. The van der Waals surface area contributed by atoms with Crippen LogP contribution in [0.1, 0.15) is 119 Å². The highest BCUT2D eigenvalue weighted by molar-refractivity contribution is 5.87. The van der Waals surface area contributed by atoms with E-state index in [2.05, 4.69) is 39.5 Å². The molecule has 4 heteroatoms. The first-order chi connectivity index (χ1) is 13.6. The molecule has 4 nitrogen and oxygen atoms in total. The first kappa shape index (κ1) is 26.0. The molecule has 0 radical (unpaired) electrons. The molecule has 1 N–H and O–H groups in total. The summed E-state index contributed by atoms with van der Waals surface area (Å²) in [5.74, 6) is -0.410. The highest BCUT2D eigenvalue weighted by Gasteiger charge is 2.46. The van der Waals surface area contributed by atoms with E-state index in [9.17, 15) is 4.79 Å². The van der Waals surface area contributed by atoms with Gasteiger partial charge in [-0.1, -0.05) is 64.7 Å². The number of aliphatic hydroxyl groups is 1. The van der Waals surface area contributed by atoms with Crippen molar-refractivity contribution >= 4 is 5.97 Å². The molecular formula is C25H47NO3. The van der Waals surface area contributed by atoms with E-state index in [1.165, 1.54) is 64.2 Å². The Morgan fingerprint density at radius 1 is 0.931 bits per heavy atom. The lowest BCUT2D eigenvalue weighted by Crippen LogP contribution is -2.62. The number of hydrogen-bond donors (Lipinski definition) is 1. The van der Waals surface area contributed by atoms with Crippen LogP contribution in [0.25, 0.3) is 0 Å². The van der Waals surface area contributed by atoms with Crippen LogP contribution in [0, 0.1) is 0 Å². The van der Waals surface area contributed by atoms with Crippen molar-refractivity contribution in [3.05, 3.63) is 11.8 Å². The number of hydrogen-bond acceptors (Lipinski definition) is 4. The van der Waals surface area contributed by atoms with E-state index >= 15 is 0 Å². The van der Waals surface area contributed by atoms with Crippen LogP contribution in [0.4, 0.5) is 0 Å². The van der Waals surface area contributed by atoms with Gasteiger partial charge in [-0.05, 0) is 47.6 Å². The van der Waals surface area contributed by atoms with Crippen molar-refractivity contribution in [1.29, 1.82) is 0 Å². The molecule has 170 valence electrons. The van der Waals surface area contributed by atoms with Gasteiger partial charge in [0.15, 0.2) is 0 Å². The minimum absolute atomic E-state index is 0.0111. The lowest BCUT2D eigenvalue weighted by molar-refractivity contribution is -0.156. The van der Waals surface area contributed by atoms with Gasteiger partial charge >= 0.3 is 5.97 Å². The van der Waals surface area contributed by atoms with E-state index in [4.69, 9.17) is 9.84 Å². The van der Waals surface area contributed by atoms with Crippen LogP contribution in [0.3, 0.4) is 0 Å². The number of esters is 1. The van der Waals surface area contributed by atoms with Gasteiger partial charge in [-0.25, -0.2) is 4.79 Å². The van der Waals surface area contributed by atoms with Crippen LogP contribution in [-0.4, -0.2) is 39.7 Å². The molecule has 0 bridgehead atoms. The highest BCUT2D eigenvalue weighted by atomic mass is 16.5. The Morgan fingerprint density at radius 3 is 1.83 bits per heavy atom. The number of rotatable bonds is 13. The molecule has 1 fully saturated rings. The number of carbonyl (C=O) groups excluding carboxylic acids is 1. The second kappa shape index (κ2) is 12.6. The van der Waals surface area contributed by atoms with Crippen LogP contribution in [-0.2, 0) is 9.53 Å². The average molecular weight is 410 g/mol. The Kier molecular flexibility index (Phi) is 11.3. The lowest BCUT2D eigenvalue weighted by atomic mass is 9.78. The molecule has 0 amide bonds. The van der Waals surface area contributed by atoms with E-state index in [-0.39, 0.29) is 22.8 Å². The van der Waals surface area contributed by atoms with Crippen LogP contribution in [0.2, 0.25) is 0 Å². The van der Waals surface area contributed by atoms with Crippen molar-refractivity contribution < 1.29 is 14.6 Å². The number of unbranched alkanes of at least 4 members (excludes halogenated alkanes) is 9. The summed E-state index contributed by atoms with van der Waals surface area (Å²) in [4.78, 5) is 14.7. The van der Waals surface area contributed by atoms with Gasteiger partial charge < -0.3 is 9.84 Å². The molecule has 0 saturated carbocycles. The van der Waals surface area contributed by atoms with Gasteiger partial charge in [0.2, 0.25) is 0 Å². The Morgan fingerprint density at radius 2 is 1.38 bits per heavy atom. The standard InChI is InChI=1S/C25H47NO3/c1-7-8-9-10-11-12-13-14-15-16-17-26-24(3,4)18-22(19-25(26,5)6)29-23(28)21(2)20-27/h20,22,27H,7-19H2,1-6H3. The van der Waals surface area contributed by atoms with Gasteiger partial charge in [-0.2, -0.15) is 0 Å². The van der Waals surface area contributed by atoms with Gasteiger partial charge in [-0.15, -0.1) is 0 Å². The smallest absolute Gasteiger partial charge is 0.337 e. The summed E-state index contributed by atoms with van der Waals surface area (Å²) >= 11 is 0. The molecule has 1 heterocycles. The molecule has 1 aliphatic rings. The Balaban J connectivity index is 2.38. The zero-order valence-corrected chi connectivity index (χ0v) is 20.1. The zero-order valence-electron chi connectivity index (χ0n) is 20.1. The second-order valence-corrected chi connectivity index (χ2v) is 10.2. The highest BCUT2D eigenvalue weighted by Crippen LogP contribution is 2.40. The van der Waals surface area contributed by atoms with E-state index < -0.39 is 5.97 Å². The van der Waals surface area contributed by atoms with Crippen molar-refractivity contribution in [2.45, 2.75) is 136 Å². The van der Waals surface area contributed by atoms with Gasteiger partial charge in [0, 0.05) is 23.9 Å². The van der Waals surface area contributed by atoms with Crippen LogP contribution in [0.15, 0.2) is 11.8 Å². The predicted molar refractivity (Wildman–Crippen MR) is 122 cm³/mol. The van der Waals surface area contributed by atoms with E-state index in [0.717, 1.165) is 25.6 Å². The summed E-state index contributed by atoms with van der Waals surface area (Å²) in [5.41, 5.74) is 0.236. The minimum atomic E-state index is -0.410. The topological polar surface area (TPSA) is 49.8 Å². The van der Waals surface area contributed by atoms with Gasteiger partial charge in [0.05, 0.1) is 11.8 Å². The Bertz CT molecular complexity index is 492. The zero-order chi connectivity index (χ0) is 21.9. The second-order valence-electron chi connectivity index (χ2n) is 10.2. The molecule has 0 aliphatic carbocycles. The molecule has 1 rings (SSSR count). The number of nitrogens with zero attached hydrogens (tertiary/aromatic N) is 1. The average Bonchev–Trinajstić information content (AvgIpc) is 2.63. The molecular weight excluding hydrogens is 362 g/mol. The summed E-state index contributed by atoms with van der Waals surface area (Å²) in [6, 6.07) is 0. The summed E-state index contributed by atoms with van der Waals surface area (Å²) in [5, 5.41) is 9.03. The fraction of sp³-hybridized carbons (Fsp3) is 0.880. The number of carbonyl (C=O) groups is 1. The number of piperidine rings is 1. The normalized spacial score (nSPS) is 20.0. The molecule has 1 saturated heterocycles. The summed E-state index contributed by atoms with van der Waals surface area (Å²) in [6.45, 7) is 14.0. The predicted octanol–water partition coefficient (Wildman–Crippen LogP) is 6.93. The van der Waals surface area contributed by atoms with E-state index in [1.54, 1.807) is 6.92 Å². The monoisotopic (exact) mass is 409 g/mol. The van der Waals surface area contributed by atoms with Crippen molar-refractivity contribution in [2.24, 2.45) is 0 Å². The van der Waals surface area contributed by atoms with Crippen molar-refractivity contribution in [1.82, 2.24) is 4.90 Å². The number of likely N-dealkylation sites (tertiary alicyclic amines) is 1. The Hall–Kier alpha value is -1.03. The third-order valence-electron chi connectivity index (χ3n) is 6.44. The quantitative estimate of drug-likeness (QED) is 0.155. The molecule has 0 atom stereocenters. The van der Waals surface area contributed by atoms with Gasteiger partial charge in [-0.3, -0.25) is 4.90 Å². The third kappa shape index (κ3) is 9.11. The van der Waals surface area contributed by atoms with Crippen molar-refractivity contribution in [3.8, 4) is 0 Å². The van der Waals surface area contributed by atoms with Crippen molar-refractivity contribution in [2.75, 3.05) is 6.54 Å². The molecule has 29 heavy (non-hydrogen) atoms. The SMILES string of the molecule is CCCCCCCCCCCCN1C(C)(C)CC(OC(=O)C(C)=CO)CC1(C)C. The minimum Gasteiger partial charge on any atom is -0.515 e. The fourth-order valence-electron chi connectivity index (χ4n) is 4.97. The lowest BCUT2D eigenvalue weighted by Gasteiger charge is -2.55. The number of ether oxygens (including phenoxy) is 1. The largest absolute Gasteiger partial charge is 0.515 e. The molecule has 0 aromatic carbocycles. The van der Waals surface area contributed by atoms with Crippen molar-refractivity contribution in [3.63, 3.8) is 0 Å². The van der Waals surface area contributed by atoms with Gasteiger partial charge in [0.25, 0.3) is 0 Å². The maximum absolute atomic E-state index is 12.1. The summed E-state index contributed by atoms with van der Waals surface area (Å²) in [6.07, 6.45) is 16.0. The van der Waals surface area contributed by atoms with Crippen LogP contribution >= 0.6 is 0 Å². The van der Waals surface area contributed by atoms with Crippen LogP contribution < -0.4 is 0 Å². The third-order valence-corrected chi connectivity index (χ3v) is 6.44. The first-order valence-electron chi connectivity index (χ1n) is 11.9. The molecule has 0 aromatic heterocycles. The Labute approximate surface area is 180 Å². The maximum atomic E-state index is 12.1. The maximum Gasteiger partial charge on any atom is 0.337 e. The number of aliphatic hydroxyl groups excluding tert-OH is 1. The molecule has 0 spiro atoms. The van der Waals surface area contributed by atoms with E-state index in [0.29, 0.717) is 0 Å². The van der Waals surface area contributed by atoms with E-state index in [1.807, 2.05) is 0 Å².